The van der Waals surface area contributed by atoms with Gasteiger partial charge in [-0.15, -0.1) is 0 Å². The number of ether oxygens (including phenoxy) is 1. The van der Waals surface area contributed by atoms with Crippen molar-refractivity contribution in [3.63, 3.8) is 0 Å². The van der Waals surface area contributed by atoms with Gasteiger partial charge in [0.05, 0.1) is 12.6 Å². The Labute approximate surface area is 116 Å². The topological polar surface area (TPSA) is 41.6 Å². The number of piperidine rings is 1. The molecule has 1 heterocycles. The van der Waals surface area contributed by atoms with E-state index in [9.17, 15) is 4.79 Å². The van der Waals surface area contributed by atoms with Crippen molar-refractivity contribution in [1.82, 2.24) is 10.2 Å². The summed E-state index contributed by atoms with van der Waals surface area (Å²) in [5, 5.41) is 3.61. The lowest BCUT2D eigenvalue weighted by atomic mass is 9.77. The molecule has 1 saturated heterocycles. The molecule has 0 aromatic heterocycles. The molecule has 2 rings (SSSR count). The van der Waals surface area contributed by atoms with Crippen LogP contribution in [0, 0.1) is 5.92 Å². The highest BCUT2D eigenvalue weighted by atomic mass is 16.5. The van der Waals surface area contributed by atoms with Crippen LogP contribution in [-0.2, 0) is 9.53 Å². The first kappa shape index (κ1) is 14.8. The molecule has 3 unspecified atom stereocenters. The third kappa shape index (κ3) is 3.69. The van der Waals surface area contributed by atoms with Gasteiger partial charge >= 0.3 is 0 Å². The highest BCUT2D eigenvalue weighted by Gasteiger charge is 2.35. The fourth-order valence-corrected chi connectivity index (χ4v) is 3.54. The lowest BCUT2D eigenvalue weighted by molar-refractivity contribution is -0.135. The third-order valence-corrected chi connectivity index (χ3v) is 4.71. The molecule has 110 valence electrons. The van der Waals surface area contributed by atoms with Gasteiger partial charge in [-0.05, 0) is 38.5 Å². The second kappa shape index (κ2) is 7.25. The monoisotopic (exact) mass is 268 g/mol. The number of amides is 1. The number of methoxy groups -OCH3 is 1. The lowest BCUT2D eigenvalue weighted by Crippen LogP contribution is -2.56. The second-order valence-electron chi connectivity index (χ2n) is 5.86. The summed E-state index contributed by atoms with van der Waals surface area (Å²) < 4.78 is 5.08. The number of hydrogen-bond donors (Lipinski definition) is 1. The second-order valence-corrected chi connectivity index (χ2v) is 5.86. The van der Waals surface area contributed by atoms with Gasteiger partial charge in [0.15, 0.2) is 0 Å². The van der Waals surface area contributed by atoms with Gasteiger partial charge in [0.25, 0.3) is 0 Å². The average Bonchev–Trinajstić information content (AvgIpc) is 2.47. The smallest absolute Gasteiger partial charge is 0.239 e. The van der Waals surface area contributed by atoms with E-state index in [1.54, 1.807) is 7.11 Å². The van der Waals surface area contributed by atoms with Gasteiger partial charge in [0.2, 0.25) is 5.91 Å². The fraction of sp³-hybridized carbons (Fsp3) is 0.933. The minimum atomic E-state index is 0.0381. The maximum absolute atomic E-state index is 12.5. The molecular weight excluding hydrogens is 240 g/mol. The van der Waals surface area contributed by atoms with Gasteiger partial charge in [-0.25, -0.2) is 0 Å². The predicted octanol–water partition coefficient (Wildman–Crippen LogP) is 1.79. The molecule has 0 aromatic carbocycles. The number of hydrogen-bond acceptors (Lipinski definition) is 3. The molecule has 4 heteroatoms. The largest absolute Gasteiger partial charge is 0.383 e. The Kier molecular flexibility index (Phi) is 5.64. The van der Waals surface area contributed by atoms with Crippen LogP contribution in [0.2, 0.25) is 0 Å². The van der Waals surface area contributed by atoms with Gasteiger partial charge < -0.3 is 15.0 Å². The minimum Gasteiger partial charge on any atom is -0.383 e. The van der Waals surface area contributed by atoms with E-state index < -0.39 is 0 Å². The molecule has 1 aliphatic carbocycles. The van der Waals surface area contributed by atoms with Crippen molar-refractivity contribution in [2.75, 3.05) is 26.8 Å². The van der Waals surface area contributed by atoms with Crippen molar-refractivity contribution >= 4 is 5.91 Å². The Hall–Kier alpha value is -0.610. The average molecular weight is 268 g/mol. The maximum Gasteiger partial charge on any atom is 0.239 e. The zero-order chi connectivity index (χ0) is 13.7. The van der Waals surface area contributed by atoms with Gasteiger partial charge in [-0.3, -0.25) is 4.79 Å². The molecule has 0 spiro atoms. The quantitative estimate of drug-likeness (QED) is 0.826. The first-order valence-corrected chi connectivity index (χ1v) is 7.80. The zero-order valence-corrected chi connectivity index (χ0v) is 12.4. The minimum absolute atomic E-state index is 0.0381. The molecule has 1 N–H and O–H groups in total. The van der Waals surface area contributed by atoms with Crippen LogP contribution in [0.25, 0.3) is 0 Å². The van der Waals surface area contributed by atoms with Crippen LogP contribution < -0.4 is 5.32 Å². The fourth-order valence-electron chi connectivity index (χ4n) is 3.54. The molecule has 3 atom stereocenters. The highest BCUT2D eigenvalue weighted by Crippen LogP contribution is 2.32. The third-order valence-electron chi connectivity index (χ3n) is 4.71. The molecule has 4 nitrogen and oxygen atoms in total. The number of carbonyl (C=O) groups excluding carboxylic acids is 1. The molecule has 1 amide bonds. The Balaban J connectivity index is 1.88. The molecule has 19 heavy (non-hydrogen) atoms. The summed E-state index contributed by atoms with van der Waals surface area (Å²) in [5.74, 6) is 1.08. The molecule has 2 fully saturated rings. The van der Waals surface area contributed by atoms with E-state index in [1.165, 1.54) is 32.1 Å². The highest BCUT2D eigenvalue weighted by molar-refractivity contribution is 5.82. The summed E-state index contributed by atoms with van der Waals surface area (Å²) in [7, 11) is 1.68. The van der Waals surface area contributed by atoms with Gasteiger partial charge in [-0.1, -0.05) is 12.8 Å². The van der Waals surface area contributed by atoms with E-state index in [0.717, 1.165) is 18.9 Å². The molecule has 2 aliphatic rings. The van der Waals surface area contributed by atoms with Crippen molar-refractivity contribution in [1.29, 1.82) is 0 Å². The summed E-state index contributed by atoms with van der Waals surface area (Å²) >= 11 is 0. The van der Waals surface area contributed by atoms with Crippen LogP contribution in [0.4, 0.5) is 0 Å². The molecule has 0 bridgehead atoms. The van der Waals surface area contributed by atoms with E-state index in [0.29, 0.717) is 19.2 Å². The van der Waals surface area contributed by atoms with E-state index in [4.69, 9.17) is 4.74 Å². The zero-order valence-electron chi connectivity index (χ0n) is 12.4. The van der Waals surface area contributed by atoms with Crippen LogP contribution in [-0.4, -0.2) is 49.7 Å². The van der Waals surface area contributed by atoms with Crippen LogP contribution in [0.15, 0.2) is 0 Å². The summed E-state index contributed by atoms with van der Waals surface area (Å²) in [6, 6.07) is 0.619. The van der Waals surface area contributed by atoms with Crippen molar-refractivity contribution in [2.45, 2.75) is 57.5 Å². The molecule has 0 radical (unpaired) electrons. The van der Waals surface area contributed by atoms with Gasteiger partial charge in [0, 0.05) is 26.2 Å². The molecule has 1 aliphatic heterocycles. The molecule has 1 saturated carbocycles. The van der Waals surface area contributed by atoms with Crippen molar-refractivity contribution in [2.24, 2.45) is 5.92 Å². The number of fused-ring (bicyclic) bond motifs is 1. The number of carbonyl (C=O) groups is 1. The summed E-state index contributed by atoms with van der Waals surface area (Å²) in [6.45, 7) is 4.14. The number of nitrogens with zero attached hydrogens (tertiary/aromatic N) is 1. The SMILES string of the molecule is CCN(CCOC)C(=O)C1CCC2CCCCC2N1. The lowest BCUT2D eigenvalue weighted by Gasteiger charge is -2.41. The first-order valence-electron chi connectivity index (χ1n) is 7.80. The van der Waals surface area contributed by atoms with Crippen LogP contribution >= 0.6 is 0 Å². The van der Waals surface area contributed by atoms with E-state index >= 15 is 0 Å². The normalized spacial score (nSPS) is 30.7. The van der Waals surface area contributed by atoms with Gasteiger partial charge in [-0.2, -0.15) is 0 Å². The van der Waals surface area contributed by atoms with Crippen LogP contribution in [0.1, 0.15) is 45.4 Å². The Morgan fingerprint density at radius 3 is 2.79 bits per heavy atom. The summed E-state index contributed by atoms with van der Waals surface area (Å²) in [4.78, 5) is 14.4. The van der Waals surface area contributed by atoms with Crippen molar-refractivity contribution in [3.05, 3.63) is 0 Å². The Morgan fingerprint density at radius 1 is 1.26 bits per heavy atom. The van der Waals surface area contributed by atoms with E-state index in [2.05, 4.69) is 5.32 Å². The molecule has 0 aromatic rings. The Bertz CT molecular complexity index is 296. The van der Waals surface area contributed by atoms with Crippen LogP contribution in [0.3, 0.4) is 0 Å². The Morgan fingerprint density at radius 2 is 2.05 bits per heavy atom. The summed E-state index contributed by atoms with van der Waals surface area (Å²) in [5.41, 5.74) is 0. The molecular formula is C15H28N2O2. The number of likely N-dealkylation sites (N-methyl/N-ethyl adjacent to an activating group) is 1. The van der Waals surface area contributed by atoms with Crippen molar-refractivity contribution in [3.8, 4) is 0 Å². The first-order chi connectivity index (χ1) is 9.26. The van der Waals surface area contributed by atoms with E-state index in [-0.39, 0.29) is 11.9 Å². The maximum atomic E-state index is 12.5. The number of nitrogens with one attached hydrogen (secondary N) is 1. The predicted molar refractivity (Wildman–Crippen MR) is 76.0 cm³/mol. The van der Waals surface area contributed by atoms with Gasteiger partial charge in [0.1, 0.15) is 0 Å². The van der Waals surface area contributed by atoms with E-state index in [1.807, 2.05) is 11.8 Å². The van der Waals surface area contributed by atoms with Crippen LogP contribution in [0.5, 0.6) is 0 Å². The number of rotatable bonds is 5. The summed E-state index contributed by atoms with van der Waals surface area (Å²) in [6.07, 6.45) is 7.50. The van der Waals surface area contributed by atoms with Crippen molar-refractivity contribution < 1.29 is 9.53 Å². The standard InChI is InChI=1S/C15H28N2O2/c1-3-17(10-11-19-2)15(18)14-9-8-12-6-4-5-7-13(12)16-14/h12-14,16H,3-11H2,1-2H3.